The fraction of sp³-hybridized carbons (Fsp3) is 1.00. The van der Waals surface area contributed by atoms with Gasteiger partial charge in [0.15, 0.2) is 0 Å². The molecule has 3 atom stereocenters. The summed E-state index contributed by atoms with van der Waals surface area (Å²) in [5.41, 5.74) is 0. The molecule has 0 spiro atoms. The highest BCUT2D eigenvalue weighted by atomic mass is 16.5. The van der Waals surface area contributed by atoms with Crippen LogP contribution in [0, 0.1) is 5.92 Å². The molecule has 4 nitrogen and oxygen atoms in total. The Hall–Kier alpha value is -0.160. The van der Waals surface area contributed by atoms with Gasteiger partial charge in [0.25, 0.3) is 0 Å². The maximum atomic E-state index is 9.79. The first kappa shape index (κ1) is 15.9. The second kappa shape index (κ2) is 9.73. The molecule has 0 saturated heterocycles. The van der Waals surface area contributed by atoms with Gasteiger partial charge >= 0.3 is 0 Å². The average molecular weight is 259 g/mol. The van der Waals surface area contributed by atoms with E-state index in [9.17, 15) is 10.2 Å². The Bertz CT molecular complexity index is 201. The Kier molecular flexibility index (Phi) is 8.59. The van der Waals surface area contributed by atoms with Gasteiger partial charge in [0.1, 0.15) is 0 Å². The van der Waals surface area contributed by atoms with Crippen molar-refractivity contribution in [3.63, 3.8) is 0 Å². The van der Waals surface area contributed by atoms with E-state index in [4.69, 9.17) is 4.74 Å². The van der Waals surface area contributed by atoms with Crippen molar-refractivity contribution in [2.24, 2.45) is 5.92 Å². The van der Waals surface area contributed by atoms with Crippen LogP contribution in [0.1, 0.15) is 45.4 Å². The Morgan fingerprint density at radius 1 is 1.33 bits per heavy atom. The van der Waals surface area contributed by atoms with Crippen molar-refractivity contribution in [2.75, 3.05) is 26.4 Å². The van der Waals surface area contributed by atoms with Crippen molar-refractivity contribution in [3.8, 4) is 0 Å². The van der Waals surface area contributed by atoms with Crippen LogP contribution in [0.15, 0.2) is 0 Å². The van der Waals surface area contributed by atoms with Gasteiger partial charge < -0.3 is 20.3 Å². The van der Waals surface area contributed by atoms with Gasteiger partial charge in [-0.2, -0.15) is 0 Å². The smallest absolute Gasteiger partial charge is 0.0897 e. The van der Waals surface area contributed by atoms with E-state index in [0.29, 0.717) is 25.1 Å². The topological polar surface area (TPSA) is 61.7 Å². The first-order valence-corrected chi connectivity index (χ1v) is 7.38. The largest absolute Gasteiger partial charge is 0.396 e. The number of aliphatic hydroxyl groups excluding tert-OH is 2. The highest BCUT2D eigenvalue weighted by molar-refractivity contribution is 4.81. The zero-order valence-corrected chi connectivity index (χ0v) is 11.6. The Labute approximate surface area is 111 Å². The zero-order chi connectivity index (χ0) is 13.2. The summed E-state index contributed by atoms with van der Waals surface area (Å²) in [7, 11) is 0. The summed E-state index contributed by atoms with van der Waals surface area (Å²) in [4.78, 5) is 0. The molecule has 0 aromatic rings. The molecule has 0 aliphatic heterocycles. The van der Waals surface area contributed by atoms with Crippen LogP contribution in [0.2, 0.25) is 0 Å². The average Bonchev–Trinajstić information content (AvgIpc) is 2.41. The van der Waals surface area contributed by atoms with E-state index >= 15 is 0 Å². The van der Waals surface area contributed by atoms with Crippen LogP contribution in [0.25, 0.3) is 0 Å². The van der Waals surface area contributed by atoms with Crippen LogP contribution in [0.4, 0.5) is 0 Å². The van der Waals surface area contributed by atoms with Gasteiger partial charge in [-0.05, 0) is 25.2 Å². The van der Waals surface area contributed by atoms with Crippen molar-refractivity contribution >= 4 is 0 Å². The van der Waals surface area contributed by atoms with E-state index in [2.05, 4.69) is 12.2 Å². The van der Waals surface area contributed by atoms with Crippen molar-refractivity contribution in [1.29, 1.82) is 0 Å². The van der Waals surface area contributed by atoms with Crippen LogP contribution in [-0.4, -0.2) is 48.7 Å². The summed E-state index contributed by atoms with van der Waals surface area (Å²) in [6, 6.07) is 0.356. The van der Waals surface area contributed by atoms with Crippen LogP contribution in [0.5, 0.6) is 0 Å². The summed E-state index contributed by atoms with van der Waals surface area (Å²) in [5, 5.41) is 22.5. The minimum atomic E-state index is -0.442. The minimum absolute atomic E-state index is 0.251. The molecule has 0 aromatic carbocycles. The summed E-state index contributed by atoms with van der Waals surface area (Å²) in [6.07, 6.45) is 6.36. The third-order valence-corrected chi connectivity index (χ3v) is 3.71. The summed E-state index contributed by atoms with van der Waals surface area (Å²) in [6.45, 7) is 4.08. The number of hydrogen-bond donors (Lipinski definition) is 3. The van der Waals surface area contributed by atoms with Gasteiger partial charge in [-0.1, -0.05) is 26.2 Å². The van der Waals surface area contributed by atoms with Crippen molar-refractivity contribution in [1.82, 2.24) is 5.32 Å². The second-order valence-electron chi connectivity index (χ2n) is 5.32. The molecule has 0 radical (unpaired) electrons. The maximum Gasteiger partial charge on any atom is 0.0897 e. The van der Waals surface area contributed by atoms with Gasteiger partial charge in [0.05, 0.1) is 12.7 Å². The summed E-state index contributed by atoms with van der Waals surface area (Å²) < 4.78 is 5.39. The molecule has 3 N–H and O–H groups in total. The Morgan fingerprint density at radius 3 is 2.83 bits per heavy atom. The quantitative estimate of drug-likeness (QED) is 0.546. The van der Waals surface area contributed by atoms with E-state index in [1.807, 2.05) is 0 Å². The molecule has 1 aliphatic carbocycles. The molecule has 1 saturated carbocycles. The van der Waals surface area contributed by atoms with Crippen molar-refractivity contribution in [3.05, 3.63) is 0 Å². The lowest BCUT2D eigenvalue weighted by atomic mass is 9.85. The molecule has 18 heavy (non-hydrogen) atoms. The molecule has 1 aliphatic rings. The van der Waals surface area contributed by atoms with Crippen molar-refractivity contribution < 1.29 is 14.9 Å². The van der Waals surface area contributed by atoms with Gasteiger partial charge in [-0.15, -0.1) is 0 Å². The molecule has 108 valence electrons. The van der Waals surface area contributed by atoms with Gasteiger partial charge in [-0.3, -0.25) is 0 Å². The molecule has 1 fully saturated rings. The summed E-state index contributed by atoms with van der Waals surface area (Å²) in [5.74, 6) is 0.354. The predicted octanol–water partition coefficient (Wildman–Crippen LogP) is 1.30. The van der Waals surface area contributed by atoms with E-state index in [0.717, 1.165) is 32.3 Å². The number of rotatable bonds is 9. The lowest BCUT2D eigenvalue weighted by molar-refractivity contribution is 0.0312. The molecule has 0 bridgehead atoms. The van der Waals surface area contributed by atoms with E-state index in [-0.39, 0.29) is 6.61 Å². The first-order chi connectivity index (χ1) is 8.77. The third kappa shape index (κ3) is 6.14. The van der Waals surface area contributed by atoms with Crippen LogP contribution < -0.4 is 5.32 Å². The first-order valence-electron chi connectivity index (χ1n) is 7.38. The lowest BCUT2D eigenvalue weighted by Gasteiger charge is -2.31. The number of ether oxygens (including phenoxy) is 1. The van der Waals surface area contributed by atoms with Crippen molar-refractivity contribution in [2.45, 2.75) is 57.6 Å². The van der Waals surface area contributed by atoms with Crippen LogP contribution in [-0.2, 0) is 4.74 Å². The van der Waals surface area contributed by atoms with Gasteiger partial charge in [0, 0.05) is 25.8 Å². The SMILES string of the molecule is CCCCOCC(O)CNC1CCCCC1CO. The lowest BCUT2D eigenvalue weighted by Crippen LogP contribution is -2.44. The number of nitrogens with one attached hydrogen (secondary N) is 1. The van der Waals surface area contributed by atoms with Crippen LogP contribution in [0.3, 0.4) is 0 Å². The van der Waals surface area contributed by atoms with Gasteiger partial charge in [-0.25, -0.2) is 0 Å². The minimum Gasteiger partial charge on any atom is -0.396 e. The fourth-order valence-corrected chi connectivity index (χ4v) is 2.51. The molecule has 0 heterocycles. The monoisotopic (exact) mass is 259 g/mol. The highest BCUT2D eigenvalue weighted by Gasteiger charge is 2.24. The third-order valence-electron chi connectivity index (χ3n) is 3.71. The van der Waals surface area contributed by atoms with E-state index in [1.54, 1.807) is 0 Å². The van der Waals surface area contributed by atoms with Crippen LogP contribution >= 0.6 is 0 Å². The van der Waals surface area contributed by atoms with Gasteiger partial charge in [0.2, 0.25) is 0 Å². The highest BCUT2D eigenvalue weighted by Crippen LogP contribution is 2.23. The predicted molar refractivity (Wildman–Crippen MR) is 72.6 cm³/mol. The normalized spacial score (nSPS) is 26.2. The summed E-state index contributed by atoms with van der Waals surface area (Å²) >= 11 is 0. The Balaban J connectivity index is 2.10. The molecular weight excluding hydrogens is 230 g/mol. The standard InChI is InChI=1S/C14H29NO3/c1-2-3-8-18-11-13(17)9-15-14-7-5-4-6-12(14)10-16/h12-17H,2-11H2,1H3. The molecule has 0 aromatic heterocycles. The molecule has 0 amide bonds. The number of unbranched alkanes of at least 4 members (excludes halogenated alkanes) is 1. The molecular formula is C14H29NO3. The number of hydrogen-bond acceptors (Lipinski definition) is 4. The molecule has 1 rings (SSSR count). The van der Waals surface area contributed by atoms with E-state index in [1.165, 1.54) is 12.8 Å². The number of aliphatic hydroxyl groups is 2. The maximum absolute atomic E-state index is 9.79. The molecule has 4 heteroatoms. The zero-order valence-electron chi connectivity index (χ0n) is 11.6. The Morgan fingerprint density at radius 2 is 2.11 bits per heavy atom. The fourth-order valence-electron chi connectivity index (χ4n) is 2.51. The second-order valence-corrected chi connectivity index (χ2v) is 5.32. The van der Waals surface area contributed by atoms with E-state index < -0.39 is 6.10 Å². The molecule has 3 unspecified atom stereocenters.